The second kappa shape index (κ2) is 6.88. The molecule has 1 aromatic carbocycles. The van der Waals surface area contributed by atoms with Gasteiger partial charge in [0.25, 0.3) is 0 Å². The van der Waals surface area contributed by atoms with Gasteiger partial charge in [-0.05, 0) is 27.5 Å². The summed E-state index contributed by atoms with van der Waals surface area (Å²) in [5, 5.41) is 11.7. The molecule has 0 spiro atoms. The quantitative estimate of drug-likeness (QED) is 0.537. The molecule has 0 fully saturated rings. The van der Waals surface area contributed by atoms with Crippen LogP contribution in [0.15, 0.2) is 12.1 Å². The van der Waals surface area contributed by atoms with Crippen LogP contribution in [0.25, 0.3) is 0 Å². The zero-order chi connectivity index (χ0) is 19.3. The summed E-state index contributed by atoms with van der Waals surface area (Å²) >= 11 is 24.7. The highest BCUT2D eigenvalue weighted by Gasteiger charge is 2.27. The van der Waals surface area contributed by atoms with E-state index in [0.717, 1.165) is 20.8 Å². The Balaban J connectivity index is 2.65. The molecule has 0 atom stereocenters. The summed E-state index contributed by atoms with van der Waals surface area (Å²) in [5.41, 5.74) is 3.04. The third-order valence-electron chi connectivity index (χ3n) is 4.21. The minimum atomic E-state index is -0.205. The van der Waals surface area contributed by atoms with Gasteiger partial charge in [0.1, 0.15) is 16.1 Å². The molecule has 2 nitrogen and oxygen atoms in total. The molecule has 2 aromatic rings. The first-order valence-electron chi connectivity index (χ1n) is 8.02. The summed E-state index contributed by atoms with van der Waals surface area (Å²) in [6.07, 6.45) is 0.476. The highest BCUT2D eigenvalue weighted by Crippen LogP contribution is 2.42. The van der Waals surface area contributed by atoms with Crippen molar-refractivity contribution in [2.75, 3.05) is 0 Å². The van der Waals surface area contributed by atoms with Crippen molar-refractivity contribution in [1.82, 2.24) is 4.09 Å². The van der Waals surface area contributed by atoms with Gasteiger partial charge in [-0.3, -0.25) is 0 Å². The maximum absolute atomic E-state index is 10.8. The molecule has 0 unspecified atom stereocenters. The SMILES string of the molecule is CC(C)(C)c1cc(Cc2c(Cl)c(Cl)n(Cl)c2Cl)cc(C(C)(C)C)c1O. The summed E-state index contributed by atoms with van der Waals surface area (Å²) in [7, 11) is 0. The van der Waals surface area contributed by atoms with Crippen molar-refractivity contribution in [3.63, 3.8) is 0 Å². The standard InChI is InChI=1S/C19H23Cl4NO/c1-18(2,3)12-8-10(9-13(15(12)25)19(4,5)6)7-11-14(20)17(22)24(23)16(11)21/h8-9,25H,7H2,1-6H3. The van der Waals surface area contributed by atoms with Crippen LogP contribution in [0.5, 0.6) is 5.75 Å². The zero-order valence-electron chi connectivity index (χ0n) is 15.3. The first kappa shape index (κ1) is 20.8. The minimum Gasteiger partial charge on any atom is -0.507 e. The van der Waals surface area contributed by atoms with Gasteiger partial charge in [0, 0.05) is 23.8 Å². The molecule has 1 heterocycles. The van der Waals surface area contributed by atoms with Crippen molar-refractivity contribution in [2.24, 2.45) is 0 Å². The second-order valence-electron chi connectivity index (χ2n) is 8.37. The third kappa shape index (κ3) is 4.08. The fourth-order valence-electron chi connectivity index (χ4n) is 2.80. The number of rotatable bonds is 2. The minimum absolute atomic E-state index is 0.203. The predicted octanol–water partition coefficient (Wildman–Crippen LogP) is 7.34. The van der Waals surface area contributed by atoms with Gasteiger partial charge >= 0.3 is 0 Å². The number of benzene rings is 1. The molecule has 0 aliphatic heterocycles. The molecule has 25 heavy (non-hydrogen) atoms. The topological polar surface area (TPSA) is 25.2 Å². The van der Waals surface area contributed by atoms with Crippen LogP contribution in [0.3, 0.4) is 0 Å². The molecule has 0 radical (unpaired) electrons. The Kier molecular flexibility index (Phi) is 5.72. The number of halogens is 4. The lowest BCUT2D eigenvalue weighted by Gasteiger charge is -2.28. The Labute approximate surface area is 169 Å². The van der Waals surface area contributed by atoms with Gasteiger partial charge in [0.15, 0.2) is 0 Å². The van der Waals surface area contributed by atoms with Crippen LogP contribution in [0, 0.1) is 0 Å². The summed E-state index contributed by atoms with van der Waals surface area (Å²) in [6, 6.07) is 3.99. The van der Waals surface area contributed by atoms with Crippen molar-refractivity contribution in [2.45, 2.75) is 58.8 Å². The van der Waals surface area contributed by atoms with Crippen molar-refractivity contribution < 1.29 is 5.11 Å². The Hall–Kier alpha value is -0.540. The Morgan fingerprint density at radius 3 is 1.64 bits per heavy atom. The van der Waals surface area contributed by atoms with Crippen LogP contribution < -0.4 is 0 Å². The summed E-state index contributed by atoms with van der Waals surface area (Å²) in [4.78, 5) is 0. The average Bonchev–Trinajstić information content (AvgIpc) is 2.64. The smallest absolute Gasteiger partial charge is 0.144 e. The van der Waals surface area contributed by atoms with Gasteiger partial charge in [0.2, 0.25) is 0 Å². The number of aromatic hydroxyl groups is 1. The van der Waals surface area contributed by atoms with E-state index in [0.29, 0.717) is 27.9 Å². The lowest BCUT2D eigenvalue weighted by Crippen LogP contribution is -2.18. The van der Waals surface area contributed by atoms with Crippen molar-refractivity contribution in [3.8, 4) is 5.75 Å². The van der Waals surface area contributed by atoms with Crippen molar-refractivity contribution in [1.29, 1.82) is 0 Å². The Morgan fingerprint density at radius 1 is 0.880 bits per heavy atom. The van der Waals surface area contributed by atoms with E-state index in [-0.39, 0.29) is 16.0 Å². The maximum Gasteiger partial charge on any atom is 0.144 e. The zero-order valence-corrected chi connectivity index (χ0v) is 18.3. The molecule has 0 saturated carbocycles. The molecule has 0 aliphatic carbocycles. The van der Waals surface area contributed by atoms with E-state index in [4.69, 9.17) is 46.6 Å². The molecule has 0 amide bonds. The number of aromatic nitrogens is 1. The number of nitrogens with zero attached hydrogens (tertiary/aromatic N) is 1. The Bertz CT molecular complexity index is 750. The monoisotopic (exact) mass is 421 g/mol. The summed E-state index contributed by atoms with van der Waals surface area (Å²) in [5.74, 6) is 0.342. The molecular weight excluding hydrogens is 400 g/mol. The molecule has 6 heteroatoms. The van der Waals surface area contributed by atoms with E-state index < -0.39 is 0 Å². The van der Waals surface area contributed by atoms with Crippen molar-refractivity contribution in [3.05, 3.63) is 49.7 Å². The first-order chi connectivity index (χ1) is 11.2. The lowest BCUT2D eigenvalue weighted by atomic mass is 9.78. The fraction of sp³-hybridized carbons (Fsp3) is 0.474. The molecule has 0 aliphatic rings. The Morgan fingerprint density at radius 2 is 1.32 bits per heavy atom. The fourth-order valence-corrected chi connectivity index (χ4v) is 3.81. The van der Waals surface area contributed by atoms with Crippen LogP contribution >= 0.6 is 46.6 Å². The van der Waals surface area contributed by atoms with Crippen LogP contribution in [0.4, 0.5) is 0 Å². The largest absolute Gasteiger partial charge is 0.507 e. The van der Waals surface area contributed by atoms with Gasteiger partial charge in [-0.15, -0.1) is 0 Å². The second-order valence-corrected chi connectivity index (χ2v) is 9.80. The molecule has 1 N–H and O–H groups in total. The maximum atomic E-state index is 10.8. The number of phenolic OH excluding ortho intramolecular Hbond substituents is 1. The van der Waals surface area contributed by atoms with Gasteiger partial charge < -0.3 is 5.11 Å². The van der Waals surface area contributed by atoms with E-state index in [1.165, 1.54) is 0 Å². The van der Waals surface area contributed by atoms with Gasteiger partial charge in [0.05, 0.1) is 5.02 Å². The highest BCUT2D eigenvalue weighted by atomic mass is 35.5. The molecule has 138 valence electrons. The van der Waals surface area contributed by atoms with E-state index in [1.807, 2.05) is 12.1 Å². The van der Waals surface area contributed by atoms with Crippen LogP contribution in [-0.2, 0) is 17.3 Å². The lowest BCUT2D eigenvalue weighted by molar-refractivity contribution is 0.423. The normalized spacial score (nSPS) is 12.7. The van der Waals surface area contributed by atoms with Gasteiger partial charge in [-0.25, -0.2) is 4.09 Å². The predicted molar refractivity (Wildman–Crippen MR) is 109 cm³/mol. The number of hydrogen-bond acceptors (Lipinski definition) is 1. The van der Waals surface area contributed by atoms with Crippen LogP contribution in [0.1, 0.15) is 63.8 Å². The van der Waals surface area contributed by atoms with Crippen LogP contribution in [0.2, 0.25) is 15.3 Å². The number of hydrogen-bond donors (Lipinski definition) is 1. The highest BCUT2D eigenvalue weighted by molar-refractivity contribution is 6.46. The van der Waals surface area contributed by atoms with E-state index in [1.54, 1.807) is 0 Å². The van der Waals surface area contributed by atoms with Crippen LogP contribution in [-0.4, -0.2) is 9.19 Å². The summed E-state index contributed by atoms with van der Waals surface area (Å²) in [6.45, 7) is 12.4. The van der Waals surface area contributed by atoms with Crippen molar-refractivity contribution >= 4 is 46.6 Å². The van der Waals surface area contributed by atoms with E-state index in [9.17, 15) is 5.11 Å². The van der Waals surface area contributed by atoms with E-state index >= 15 is 0 Å². The molecule has 0 saturated heterocycles. The number of phenols is 1. The first-order valence-corrected chi connectivity index (χ1v) is 9.49. The molecule has 1 aromatic heterocycles. The molecule has 2 rings (SSSR count). The molecular formula is C19H23Cl4NO. The molecule has 0 bridgehead atoms. The van der Waals surface area contributed by atoms with Gasteiger partial charge in [-0.2, -0.15) is 0 Å². The average molecular weight is 423 g/mol. The van der Waals surface area contributed by atoms with Gasteiger partial charge in [-0.1, -0.05) is 88.5 Å². The summed E-state index contributed by atoms with van der Waals surface area (Å²) < 4.78 is 1.15. The van der Waals surface area contributed by atoms with E-state index in [2.05, 4.69) is 41.5 Å². The third-order valence-corrected chi connectivity index (χ3v) is 5.98.